The van der Waals surface area contributed by atoms with E-state index in [1.165, 1.54) is 0 Å². The molecular weight excluding hydrogens is 282 g/mol. The molecule has 0 aliphatic rings. The average molecular weight is 309 g/mol. The minimum absolute atomic E-state index is 0.227. The standard InChI is InChI=1S/C16H27N3O3/c1-19(16-9-5-4-8-15(16)17-13-21)14(10-11-18-22)7-3-2-6-12-20/h4-5,8-9,13-14,18,20,22H,2-3,6-7,10-12H2,1H3,(H,17,21). The van der Waals surface area contributed by atoms with Crippen LogP contribution < -0.4 is 15.7 Å². The third-order valence-corrected chi connectivity index (χ3v) is 3.83. The van der Waals surface area contributed by atoms with E-state index in [1.807, 2.05) is 31.3 Å². The fraction of sp³-hybridized carbons (Fsp3) is 0.562. The number of para-hydroxylation sites is 2. The largest absolute Gasteiger partial charge is 0.396 e. The van der Waals surface area contributed by atoms with Gasteiger partial charge in [0.15, 0.2) is 0 Å². The number of hydrogen-bond acceptors (Lipinski definition) is 5. The summed E-state index contributed by atoms with van der Waals surface area (Å²) in [5.41, 5.74) is 3.94. The van der Waals surface area contributed by atoms with Crippen molar-refractivity contribution in [3.63, 3.8) is 0 Å². The first-order valence-corrected chi connectivity index (χ1v) is 7.74. The van der Waals surface area contributed by atoms with E-state index in [0.717, 1.165) is 43.5 Å². The van der Waals surface area contributed by atoms with Crippen LogP contribution >= 0.6 is 0 Å². The number of unbranched alkanes of at least 4 members (excludes halogenated alkanes) is 2. The molecule has 0 aliphatic carbocycles. The van der Waals surface area contributed by atoms with Gasteiger partial charge in [-0.3, -0.25) is 4.79 Å². The van der Waals surface area contributed by atoms with Crippen LogP contribution in [0.5, 0.6) is 0 Å². The number of rotatable bonds is 12. The Morgan fingerprint density at radius 1 is 1.23 bits per heavy atom. The summed E-state index contributed by atoms with van der Waals surface area (Å²) in [6, 6.07) is 7.91. The van der Waals surface area contributed by atoms with Gasteiger partial charge in [0.05, 0.1) is 11.4 Å². The van der Waals surface area contributed by atoms with Crippen molar-refractivity contribution in [2.24, 2.45) is 0 Å². The molecule has 6 nitrogen and oxygen atoms in total. The number of carbonyl (C=O) groups is 1. The molecule has 0 spiro atoms. The zero-order chi connectivity index (χ0) is 16.2. The molecule has 6 heteroatoms. The first-order valence-electron chi connectivity index (χ1n) is 7.74. The number of hydrogen-bond donors (Lipinski definition) is 4. The van der Waals surface area contributed by atoms with Crippen LogP contribution in [-0.4, -0.2) is 43.0 Å². The number of nitrogens with zero attached hydrogens (tertiary/aromatic N) is 1. The van der Waals surface area contributed by atoms with Gasteiger partial charge >= 0.3 is 0 Å². The minimum Gasteiger partial charge on any atom is -0.396 e. The zero-order valence-corrected chi connectivity index (χ0v) is 13.2. The normalized spacial score (nSPS) is 12.0. The Labute approximate surface area is 132 Å². The molecule has 1 atom stereocenters. The summed E-state index contributed by atoms with van der Waals surface area (Å²) in [6.45, 7) is 0.739. The van der Waals surface area contributed by atoms with E-state index in [9.17, 15) is 4.79 Å². The van der Waals surface area contributed by atoms with Crippen molar-refractivity contribution in [1.29, 1.82) is 0 Å². The SMILES string of the molecule is CN(c1ccccc1NC=O)C(CCCCCO)CCNO. The van der Waals surface area contributed by atoms with Gasteiger partial charge in [0.1, 0.15) is 0 Å². The lowest BCUT2D eigenvalue weighted by Gasteiger charge is -2.31. The van der Waals surface area contributed by atoms with Gasteiger partial charge in [-0.2, -0.15) is 0 Å². The van der Waals surface area contributed by atoms with Gasteiger partial charge in [0, 0.05) is 26.2 Å². The summed E-state index contributed by atoms with van der Waals surface area (Å²) in [5.74, 6) is 0. The fourth-order valence-electron chi connectivity index (χ4n) is 2.59. The number of aliphatic hydroxyl groups is 1. The summed E-state index contributed by atoms with van der Waals surface area (Å²) < 4.78 is 0. The summed E-state index contributed by atoms with van der Waals surface area (Å²) in [7, 11) is 2.00. The molecule has 0 radical (unpaired) electrons. The molecule has 1 aromatic carbocycles. The van der Waals surface area contributed by atoms with Gasteiger partial charge in [-0.1, -0.05) is 25.0 Å². The molecule has 4 N–H and O–H groups in total. The predicted octanol–water partition coefficient (Wildman–Crippen LogP) is 1.98. The lowest BCUT2D eigenvalue weighted by molar-refractivity contribution is -0.105. The Balaban J connectivity index is 2.76. The van der Waals surface area contributed by atoms with Crippen LogP contribution in [-0.2, 0) is 4.79 Å². The van der Waals surface area contributed by atoms with Crippen molar-refractivity contribution in [3.05, 3.63) is 24.3 Å². The lowest BCUT2D eigenvalue weighted by Crippen LogP contribution is -2.34. The van der Waals surface area contributed by atoms with Gasteiger partial charge in [-0.15, -0.1) is 0 Å². The molecule has 0 heterocycles. The Morgan fingerprint density at radius 3 is 2.68 bits per heavy atom. The number of hydroxylamine groups is 1. The smallest absolute Gasteiger partial charge is 0.211 e. The van der Waals surface area contributed by atoms with Crippen LogP contribution in [0.2, 0.25) is 0 Å². The second-order valence-electron chi connectivity index (χ2n) is 5.31. The highest BCUT2D eigenvalue weighted by Crippen LogP contribution is 2.28. The molecule has 0 aromatic heterocycles. The topological polar surface area (TPSA) is 84.8 Å². The van der Waals surface area contributed by atoms with Crippen LogP contribution in [0.1, 0.15) is 32.1 Å². The van der Waals surface area contributed by atoms with E-state index >= 15 is 0 Å². The van der Waals surface area contributed by atoms with Crippen LogP contribution in [0.4, 0.5) is 11.4 Å². The molecule has 0 saturated carbocycles. The van der Waals surface area contributed by atoms with Crippen molar-refractivity contribution in [2.45, 2.75) is 38.1 Å². The molecule has 0 aliphatic heterocycles. The summed E-state index contributed by atoms with van der Waals surface area (Å²) in [5, 5.41) is 20.4. The monoisotopic (exact) mass is 309 g/mol. The van der Waals surface area contributed by atoms with Gasteiger partial charge in [0.2, 0.25) is 6.41 Å². The van der Waals surface area contributed by atoms with Crippen LogP contribution in [0.3, 0.4) is 0 Å². The van der Waals surface area contributed by atoms with E-state index in [-0.39, 0.29) is 12.6 Å². The number of aliphatic hydroxyl groups excluding tert-OH is 1. The van der Waals surface area contributed by atoms with Gasteiger partial charge in [-0.05, 0) is 31.4 Å². The number of amides is 1. The van der Waals surface area contributed by atoms with Crippen molar-refractivity contribution in [1.82, 2.24) is 5.48 Å². The highest BCUT2D eigenvalue weighted by Gasteiger charge is 2.17. The Morgan fingerprint density at radius 2 is 2.00 bits per heavy atom. The van der Waals surface area contributed by atoms with Crippen LogP contribution in [0, 0.1) is 0 Å². The number of benzene rings is 1. The van der Waals surface area contributed by atoms with Gasteiger partial charge in [0.25, 0.3) is 0 Å². The maximum absolute atomic E-state index is 10.7. The van der Waals surface area contributed by atoms with Crippen LogP contribution in [0.25, 0.3) is 0 Å². The summed E-state index contributed by atoms with van der Waals surface area (Å²) in [6.07, 6.45) is 5.26. The number of nitrogens with one attached hydrogen (secondary N) is 2. The zero-order valence-electron chi connectivity index (χ0n) is 13.2. The highest BCUT2D eigenvalue weighted by atomic mass is 16.5. The minimum atomic E-state index is 0.227. The van der Waals surface area contributed by atoms with E-state index in [2.05, 4.69) is 15.7 Å². The molecule has 1 unspecified atom stereocenters. The molecule has 1 aromatic rings. The van der Waals surface area contributed by atoms with E-state index in [0.29, 0.717) is 13.0 Å². The summed E-state index contributed by atoms with van der Waals surface area (Å²) in [4.78, 5) is 12.9. The first kappa shape index (κ1) is 18.4. The molecule has 1 amide bonds. The molecule has 22 heavy (non-hydrogen) atoms. The lowest BCUT2D eigenvalue weighted by atomic mass is 10.0. The first-order chi connectivity index (χ1) is 10.7. The maximum Gasteiger partial charge on any atom is 0.211 e. The predicted molar refractivity (Wildman–Crippen MR) is 88.3 cm³/mol. The van der Waals surface area contributed by atoms with Crippen molar-refractivity contribution < 1.29 is 15.1 Å². The van der Waals surface area contributed by atoms with E-state index in [1.54, 1.807) is 0 Å². The second-order valence-corrected chi connectivity index (χ2v) is 5.31. The summed E-state index contributed by atoms with van der Waals surface area (Å²) >= 11 is 0. The molecule has 0 fully saturated rings. The maximum atomic E-state index is 10.7. The number of anilines is 2. The Bertz CT molecular complexity index is 429. The van der Waals surface area contributed by atoms with Gasteiger partial charge < -0.3 is 20.5 Å². The fourth-order valence-corrected chi connectivity index (χ4v) is 2.59. The molecule has 0 bridgehead atoms. The van der Waals surface area contributed by atoms with Crippen molar-refractivity contribution in [3.8, 4) is 0 Å². The third-order valence-electron chi connectivity index (χ3n) is 3.83. The van der Waals surface area contributed by atoms with Gasteiger partial charge in [-0.25, -0.2) is 5.48 Å². The van der Waals surface area contributed by atoms with E-state index < -0.39 is 0 Å². The quantitative estimate of drug-likeness (QED) is 0.269. The molecular formula is C16H27N3O3. The second kappa shape index (κ2) is 11.0. The van der Waals surface area contributed by atoms with Crippen molar-refractivity contribution in [2.75, 3.05) is 30.4 Å². The molecule has 0 saturated heterocycles. The third kappa shape index (κ3) is 6.01. The molecule has 124 valence electrons. The molecule has 1 rings (SSSR count). The van der Waals surface area contributed by atoms with Crippen molar-refractivity contribution >= 4 is 17.8 Å². The van der Waals surface area contributed by atoms with Crippen LogP contribution in [0.15, 0.2) is 24.3 Å². The Kier molecular flexibility index (Phi) is 9.21. The number of carbonyl (C=O) groups excluding carboxylic acids is 1. The average Bonchev–Trinajstić information content (AvgIpc) is 2.54. The Hall–Kier alpha value is -1.63. The highest BCUT2D eigenvalue weighted by molar-refractivity contribution is 5.81. The van der Waals surface area contributed by atoms with E-state index in [4.69, 9.17) is 10.3 Å².